The summed E-state index contributed by atoms with van der Waals surface area (Å²) in [5.41, 5.74) is 2.71. The molecule has 130 valence electrons. The van der Waals surface area contributed by atoms with Gasteiger partial charge in [0.1, 0.15) is 0 Å². The summed E-state index contributed by atoms with van der Waals surface area (Å²) >= 11 is 1.43. The lowest BCUT2D eigenvalue weighted by Crippen LogP contribution is -2.21. The Hall–Kier alpha value is -3.43. The predicted molar refractivity (Wildman–Crippen MR) is 106 cm³/mol. The van der Waals surface area contributed by atoms with E-state index in [1.54, 1.807) is 35.2 Å². The number of hydrogen-bond donors (Lipinski definition) is 0. The molecule has 27 heavy (non-hydrogen) atoms. The molecule has 0 fully saturated rings. The van der Waals surface area contributed by atoms with Gasteiger partial charge in [-0.15, -0.1) is 0 Å². The molecule has 0 aliphatic carbocycles. The van der Waals surface area contributed by atoms with Crippen molar-refractivity contribution in [1.82, 2.24) is 14.5 Å². The van der Waals surface area contributed by atoms with E-state index in [2.05, 4.69) is 11.1 Å². The maximum Gasteiger partial charge on any atom is 0.266 e. The average Bonchev–Trinajstić information content (AvgIpc) is 2.73. The highest BCUT2D eigenvalue weighted by Crippen LogP contribution is 2.25. The number of para-hydroxylation sites is 1. The molecule has 0 saturated heterocycles. The van der Waals surface area contributed by atoms with Crippen LogP contribution in [0.5, 0.6) is 0 Å². The number of hydrogen-bond acceptors (Lipinski definition) is 5. The van der Waals surface area contributed by atoms with Crippen molar-refractivity contribution < 1.29 is 0 Å². The third-order valence-electron chi connectivity index (χ3n) is 4.14. The Morgan fingerprint density at radius 2 is 1.85 bits per heavy atom. The summed E-state index contributed by atoms with van der Waals surface area (Å²) in [6, 6.07) is 20.6. The standard InChI is InChI=1S/C21H14N4OS/c22-12-15-6-1-2-7-16(15)14-27-21-24-19-10-4-3-9-18(19)20(26)25(21)17-8-5-11-23-13-17/h1-11,13H,14H2. The second-order valence-electron chi connectivity index (χ2n) is 5.82. The number of benzene rings is 2. The van der Waals surface area contributed by atoms with Crippen LogP contribution in [0.15, 0.2) is 83.0 Å². The minimum atomic E-state index is -0.135. The molecule has 0 aliphatic heterocycles. The summed E-state index contributed by atoms with van der Waals surface area (Å²) in [6.45, 7) is 0. The molecule has 0 atom stereocenters. The van der Waals surface area contributed by atoms with Crippen molar-refractivity contribution in [1.29, 1.82) is 5.26 Å². The summed E-state index contributed by atoms with van der Waals surface area (Å²) in [4.78, 5) is 21.9. The van der Waals surface area contributed by atoms with Crippen LogP contribution in [0.1, 0.15) is 11.1 Å². The molecule has 0 unspecified atom stereocenters. The van der Waals surface area contributed by atoms with E-state index >= 15 is 0 Å². The van der Waals surface area contributed by atoms with Gasteiger partial charge in [0, 0.05) is 11.9 Å². The fourth-order valence-corrected chi connectivity index (χ4v) is 3.84. The zero-order valence-corrected chi connectivity index (χ0v) is 15.1. The molecule has 4 rings (SSSR count). The van der Waals surface area contributed by atoms with Gasteiger partial charge in [0.25, 0.3) is 5.56 Å². The number of rotatable bonds is 4. The molecule has 0 bridgehead atoms. The normalized spacial score (nSPS) is 10.6. The van der Waals surface area contributed by atoms with Gasteiger partial charge in [-0.05, 0) is 35.9 Å². The lowest BCUT2D eigenvalue weighted by molar-refractivity contribution is 0.815. The Morgan fingerprint density at radius 3 is 2.67 bits per heavy atom. The SMILES string of the molecule is N#Cc1ccccc1CSc1nc2ccccc2c(=O)n1-c1cccnc1. The predicted octanol–water partition coefficient (Wildman–Crippen LogP) is 3.94. The van der Waals surface area contributed by atoms with E-state index in [1.165, 1.54) is 11.8 Å². The molecule has 0 saturated carbocycles. The van der Waals surface area contributed by atoms with E-state index in [4.69, 9.17) is 4.98 Å². The molecule has 6 heteroatoms. The smallest absolute Gasteiger partial charge is 0.266 e. The van der Waals surface area contributed by atoms with Crippen LogP contribution in [0.4, 0.5) is 0 Å². The van der Waals surface area contributed by atoms with Crippen LogP contribution < -0.4 is 5.56 Å². The van der Waals surface area contributed by atoms with E-state index in [9.17, 15) is 10.1 Å². The van der Waals surface area contributed by atoms with Crippen LogP contribution >= 0.6 is 11.8 Å². The van der Waals surface area contributed by atoms with Gasteiger partial charge < -0.3 is 0 Å². The molecule has 2 aromatic carbocycles. The topological polar surface area (TPSA) is 71.6 Å². The molecule has 0 radical (unpaired) electrons. The fourth-order valence-electron chi connectivity index (χ4n) is 2.82. The van der Waals surface area contributed by atoms with Crippen LogP contribution in [0, 0.1) is 11.3 Å². The van der Waals surface area contributed by atoms with Crippen molar-refractivity contribution in [3.63, 3.8) is 0 Å². The number of pyridine rings is 1. The Bertz CT molecular complexity index is 1210. The van der Waals surface area contributed by atoms with Crippen molar-refractivity contribution in [3.8, 4) is 11.8 Å². The number of nitrogens with zero attached hydrogens (tertiary/aromatic N) is 4. The van der Waals surface area contributed by atoms with Crippen LogP contribution in [0.25, 0.3) is 16.6 Å². The van der Waals surface area contributed by atoms with Crippen LogP contribution in [-0.2, 0) is 5.75 Å². The molecule has 0 spiro atoms. The average molecular weight is 370 g/mol. The number of aromatic nitrogens is 3. The molecule has 0 amide bonds. The quantitative estimate of drug-likeness (QED) is 0.402. The molecular weight excluding hydrogens is 356 g/mol. The molecule has 5 nitrogen and oxygen atoms in total. The first kappa shape index (κ1) is 17.0. The van der Waals surface area contributed by atoms with E-state index in [0.717, 1.165) is 5.56 Å². The maximum atomic E-state index is 13.1. The summed E-state index contributed by atoms with van der Waals surface area (Å²) < 4.78 is 1.58. The minimum Gasteiger partial charge on any atom is -0.268 e. The highest BCUT2D eigenvalue weighted by molar-refractivity contribution is 7.98. The zero-order valence-electron chi connectivity index (χ0n) is 14.2. The van der Waals surface area contributed by atoms with E-state index in [1.807, 2.05) is 42.5 Å². The lowest BCUT2D eigenvalue weighted by atomic mass is 10.1. The fraction of sp³-hybridized carbons (Fsp3) is 0.0476. The molecule has 2 aromatic heterocycles. The molecule has 2 heterocycles. The van der Waals surface area contributed by atoms with Crippen LogP contribution in [-0.4, -0.2) is 14.5 Å². The number of fused-ring (bicyclic) bond motifs is 1. The van der Waals surface area contributed by atoms with E-state index in [0.29, 0.717) is 33.1 Å². The summed E-state index contributed by atoms with van der Waals surface area (Å²) in [7, 11) is 0. The second-order valence-corrected chi connectivity index (χ2v) is 6.76. The van der Waals surface area contributed by atoms with Gasteiger partial charge in [-0.3, -0.25) is 14.3 Å². The molecule has 0 aliphatic rings. The first-order chi connectivity index (χ1) is 13.3. The zero-order chi connectivity index (χ0) is 18.6. The van der Waals surface area contributed by atoms with Crippen molar-refractivity contribution in [2.75, 3.05) is 0 Å². The van der Waals surface area contributed by atoms with Crippen molar-refractivity contribution in [3.05, 3.63) is 94.5 Å². The van der Waals surface area contributed by atoms with Crippen LogP contribution in [0.3, 0.4) is 0 Å². The molecule has 4 aromatic rings. The highest BCUT2D eigenvalue weighted by Gasteiger charge is 2.14. The first-order valence-corrected chi connectivity index (χ1v) is 9.29. The first-order valence-electron chi connectivity index (χ1n) is 8.31. The Morgan fingerprint density at radius 1 is 1.04 bits per heavy atom. The van der Waals surface area contributed by atoms with Gasteiger partial charge in [-0.25, -0.2) is 4.98 Å². The van der Waals surface area contributed by atoms with Crippen molar-refractivity contribution in [2.24, 2.45) is 0 Å². The number of thioether (sulfide) groups is 1. The summed E-state index contributed by atoms with van der Waals surface area (Å²) in [5.74, 6) is 0.536. The van der Waals surface area contributed by atoms with Crippen LogP contribution in [0.2, 0.25) is 0 Å². The minimum absolute atomic E-state index is 0.135. The Kier molecular flexibility index (Phi) is 4.69. The van der Waals surface area contributed by atoms with Crippen molar-refractivity contribution in [2.45, 2.75) is 10.9 Å². The molecular formula is C21H14N4OS. The monoisotopic (exact) mass is 370 g/mol. The van der Waals surface area contributed by atoms with Gasteiger partial charge in [0.05, 0.1) is 34.4 Å². The van der Waals surface area contributed by atoms with Gasteiger partial charge >= 0.3 is 0 Å². The van der Waals surface area contributed by atoms with Gasteiger partial charge in [0.15, 0.2) is 5.16 Å². The van der Waals surface area contributed by atoms with E-state index < -0.39 is 0 Å². The maximum absolute atomic E-state index is 13.1. The lowest BCUT2D eigenvalue weighted by Gasteiger charge is -2.13. The summed E-state index contributed by atoms with van der Waals surface area (Å²) in [6.07, 6.45) is 3.31. The Balaban J connectivity index is 1.84. The van der Waals surface area contributed by atoms with Gasteiger partial charge in [-0.1, -0.05) is 42.1 Å². The Labute approximate surface area is 160 Å². The third kappa shape index (κ3) is 3.33. The largest absolute Gasteiger partial charge is 0.268 e. The molecule has 0 N–H and O–H groups in total. The van der Waals surface area contributed by atoms with Crippen molar-refractivity contribution >= 4 is 22.7 Å². The van der Waals surface area contributed by atoms with Gasteiger partial charge in [-0.2, -0.15) is 5.26 Å². The van der Waals surface area contributed by atoms with Gasteiger partial charge in [0.2, 0.25) is 0 Å². The second kappa shape index (κ2) is 7.44. The van der Waals surface area contributed by atoms with E-state index in [-0.39, 0.29) is 5.56 Å². The summed E-state index contributed by atoms with van der Waals surface area (Å²) in [5, 5.41) is 10.4. The number of nitriles is 1. The third-order valence-corrected chi connectivity index (χ3v) is 5.13. The highest BCUT2D eigenvalue weighted by atomic mass is 32.2.